The number of fused-ring (bicyclic) bond motifs is 3. The summed E-state index contributed by atoms with van der Waals surface area (Å²) in [6, 6.07) is 23.8. The number of carbonyl (C=O) groups excluding carboxylic acids is 2. The Labute approximate surface area is 202 Å². The molecule has 4 aromatic rings. The van der Waals surface area contributed by atoms with Crippen molar-refractivity contribution in [3.63, 3.8) is 0 Å². The van der Waals surface area contributed by atoms with E-state index in [0.717, 1.165) is 23.3 Å². The van der Waals surface area contributed by atoms with Crippen molar-refractivity contribution in [3.8, 4) is 0 Å². The van der Waals surface area contributed by atoms with Gasteiger partial charge in [-0.25, -0.2) is 4.99 Å². The fraction of sp³-hybridized carbons (Fsp3) is 0.222. The van der Waals surface area contributed by atoms with Gasteiger partial charge in [-0.05, 0) is 50.2 Å². The molecule has 1 atom stereocenters. The lowest BCUT2D eigenvalue weighted by atomic mass is 10.1. The van der Waals surface area contributed by atoms with E-state index < -0.39 is 5.25 Å². The number of anilines is 1. The van der Waals surface area contributed by atoms with E-state index in [2.05, 4.69) is 53.2 Å². The number of para-hydroxylation sites is 2. The lowest BCUT2D eigenvalue weighted by molar-refractivity contribution is -0.128. The van der Waals surface area contributed by atoms with Crippen LogP contribution in [-0.4, -0.2) is 38.2 Å². The van der Waals surface area contributed by atoms with E-state index in [1.165, 1.54) is 28.2 Å². The van der Waals surface area contributed by atoms with Crippen molar-refractivity contribution in [2.75, 3.05) is 11.9 Å². The SMILES string of the molecule is CCN1C(=O)[C@@H](CC(=O)Nc2ccccc2)SC1=Nc1ccc2c(c1)c1ccccc1n2CC. The largest absolute Gasteiger partial charge is 0.341 e. The van der Waals surface area contributed by atoms with Crippen LogP contribution in [-0.2, 0) is 16.1 Å². The van der Waals surface area contributed by atoms with Crippen molar-refractivity contribution in [3.05, 3.63) is 72.8 Å². The van der Waals surface area contributed by atoms with Gasteiger partial charge >= 0.3 is 0 Å². The van der Waals surface area contributed by atoms with Crippen molar-refractivity contribution in [2.45, 2.75) is 32.1 Å². The molecule has 1 N–H and O–H groups in total. The van der Waals surface area contributed by atoms with Gasteiger partial charge in [0.15, 0.2) is 5.17 Å². The number of aryl methyl sites for hydroxylation is 1. The number of amidine groups is 1. The Morgan fingerprint density at radius 2 is 1.68 bits per heavy atom. The second kappa shape index (κ2) is 9.35. The normalized spacial score (nSPS) is 17.2. The minimum Gasteiger partial charge on any atom is -0.341 e. The van der Waals surface area contributed by atoms with Gasteiger partial charge in [0, 0.05) is 47.0 Å². The summed E-state index contributed by atoms with van der Waals surface area (Å²) in [5.74, 6) is -0.249. The van der Waals surface area contributed by atoms with Crippen LogP contribution in [0.2, 0.25) is 0 Å². The molecule has 2 amide bonds. The molecule has 1 saturated heterocycles. The van der Waals surface area contributed by atoms with E-state index >= 15 is 0 Å². The molecule has 0 radical (unpaired) electrons. The second-order valence-corrected chi connectivity index (χ2v) is 9.33. The Morgan fingerprint density at radius 1 is 0.941 bits per heavy atom. The Balaban J connectivity index is 1.42. The van der Waals surface area contributed by atoms with Crippen LogP contribution >= 0.6 is 11.8 Å². The molecule has 1 fully saturated rings. The van der Waals surface area contributed by atoms with Crippen LogP contribution in [0, 0.1) is 0 Å². The number of amides is 2. The molecular formula is C27H26N4O2S. The highest BCUT2D eigenvalue weighted by Gasteiger charge is 2.38. The van der Waals surface area contributed by atoms with E-state index in [-0.39, 0.29) is 18.2 Å². The molecule has 7 heteroatoms. The molecule has 34 heavy (non-hydrogen) atoms. The number of rotatable bonds is 6. The van der Waals surface area contributed by atoms with Crippen LogP contribution in [0.4, 0.5) is 11.4 Å². The summed E-state index contributed by atoms with van der Waals surface area (Å²) in [6.45, 7) is 5.48. The van der Waals surface area contributed by atoms with Gasteiger partial charge in [0.05, 0.1) is 5.69 Å². The molecule has 1 aliphatic rings. The van der Waals surface area contributed by atoms with Gasteiger partial charge in [0.1, 0.15) is 5.25 Å². The Bertz CT molecular complexity index is 1410. The third-order valence-electron chi connectivity index (χ3n) is 6.06. The van der Waals surface area contributed by atoms with Crippen LogP contribution < -0.4 is 5.32 Å². The van der Waals surface area contributed by atoms with Crippen LogP contribution in [0.3, 0.4) is 0 Å². The number of aliphatic imine (C=N–C) groups is 1. The topological polar surface area (TPSA) is 66.7 Å². The van der Waals surface area contributed by atoms with E-state index in [1.807, 2.05) is 43.3 Å². The van der Waals surface area contributed by atoms with Gasteiger partial charge in [-0.1, -0.05) is 48.2 Å². The minimum atomic E-state index is -0.479. The number of nitrogens with zero attached hydrogens (tertiary/aromatic N) is 3. The molecule has 0 saturated carbocycles. The molecular weight excluding hydrogens is 444 g/mol. The van der Waals surface area contributed by atoms with Gasteiger partial charge in [-0.15, -0.1) is 0 Å². The standard InChI is InChI=1S/C27H26N4O2S/c1-3-30-22-13-9-8-12-20(22)21-16-19(14-15-23(21)30)29-27-31(4-2)26(33)24(34-27)17-25(32)28-18-10-6-5-7-11-18/h5-16,24H,3-4,17H2,1-2H3,(H,28,32)/t24-/m1/s1. The van der Waals surface area contributed by atoms with Crippen molar-refractivity contribution in [1.29, 1.82) is 0 Å². The summed E-state index contributed by atoms with van der Waals surface area (Å²) in [6.07, 6.45) is 0.108. The van der Waals surface area contributed by atoms with Gasteiger partial charge in [0.2, 0.25) is 11.8 Å². The third-order valence-corrected chi connectivity index (χ3v) is 7.24. The summed E-state index contributed by atoms with van der Waals surface area (Å²) in [5.41, 5.74) is 3.90. The molecule has 5 rings (SSSR count). The van der Waals surface area contributed by atoms with Crippen molar-refractivity contribution in [1.82, 2.24) is 9.47 Å². The fourth-order valence-corrected chi connectivity index (χ4v) is 5.70. The fourth-order valence-electron chi connectivity index (χ4n) is 4.48. The Kier molecular flexibility index (Phi) is 6.11. The number of benzene rings is 3. The zero-order chi connectivity index (χ0) is 23.7. The lowest BCUT2D eigenvalue weighted by Gasteiger charge is -2.13. The smallest absolute Gasteiger partial charge is 0.242 e. The first-order valence-electron chi connectivity index (χ1n) is 11.5. The molecule has 0 spiro atoms. The van der Waals surface area contributed by atoms with Crippen LogP contribution in [0.1, 0.15) is 20.3 Å². The average molecular weight is 471 g/mol. The first kappa shape index (κ1) is 22.2. The van der Waals surface area contributed by atoms with E-state index in [0.29, 0.717) is 11.7 Å². The monoisotopic (exact) mass is 470 g/mol. The average Bonchev–Trinajstić information content (AvgIpc) is 3.32. The number of thioether (sulfide) groups is 1. The van der Waals surface area contributed by atoms with Gasteiger partial charge in [0.25, 0.3) is 0 Å². The predicted molar refractivity (Wildman–Crippen MR) is 141 cm³/mol. The molecule has 0 bridgehead atoms. The summed E-state index contributed by atoms with van der Waals surface area (Å²) in [5, 5.41) is 5.37. The van der Waals surface area contributed by atoms with Crippen molar-refractivity contribution >= 4 is 61.9 Å². The Morgan fingerprint density at radius 3 is 2.44 bits per heavy atom. The molecule has 1 aliphatic heterocycles. The van der Waals surface area contributed by atoms with Gasteiger partial charge in [-0.2, -0.15) is 0 Å². The van der Waals surface area contributed by atoms with Crippen molar-refractivity contribution < 1.29 is 9.59 Å². The molecule has 6 nitrogen and oxygen atoms in total. The van der Waals surface area contributed by atoms with Crippen LogP contribution in [0.25, 0.3) is 21.8 Å². The summed E-state index contributed by atoms with van der Waals surface area (Å²) >= 11 is 1.36. The van der Waals surface area contributed by atoms with Crippen LogP contribution in [0.5, 0.6) is 0 Å². The highest BCUT2D eigenvalue weighted by Crippen LogP contribution is 2.35. The molecule has 3 aromatic carbocycles. The number of nitrogens with one attached hydrogen (secondary N) is 1. The third kappa shape index (κ3) is 4.07. The second-order valence-electron chi connectivity index (χ2n) is 8.16. The zero-order valence-corrected chi connectivity index (χ0v) is 20.0. The first-order valence-corrected chi connectivity index (χ1v) is 12.4. The number of hydrogen-bond donors (Lipinski definition) is 1. The highest BCUT2D eigenvalue weighted by atomic mass is 32.2. The maximum atomic E-state index is 13.0. The highest BCUT2D eigenvalue weighted by molar-refractivity contribution is 8.15. The molecule has 0 aliphatic carbocycles. The number of carbonyl (C=O) groups is 2. The number of aromatic nitrogens is 1. The number of hydrogen-bond acceptors (Lipinski definition) is 4. The maximum absolute atomic E-state index is 13.0. The maximum Gasteiger partial charge on any atom is 0.242 e. The molecule has 172 valence electrons. The van der Waals surface area contributed by atoms with Crippen LogP contribution in [0.15, 0.2) is 77.8 Å². The Hall–Kier alpha value is -3.58. The van der Waals surface area contributed by atoms with E-state index in [9.17, 15) is 9.59 Å². The summed E-state index contributed by atoms with van der Waals surface area (Å²) in [4.78, 5) is 32.0. The van der Waals surface area contributed by atoms with Crippen molar-refractivity contribution in [2.24, 2.45) is 4.99 Å². The predicted octanol–water partition coefficient (Wildman–Crippen LogP) is 5.79. The molecule has 2 heterocycles. The van der Waals surface area contributed by atoms with E-state index in [1.54, 1.807) is 4.90 Å². The molecule has 0 unspecified atom stereocenters. The minimum absolute atomic E-state index is 0.0712. The first-order chi connectivity index (χ1) is 16.6. The summed E-state index contributed by atoms with van der Waals surface area (Å²) < 4.78 is 2.30. The van der Waals surface area contributed by atoms with Gasteiger partial charge < -0.3 is 9.88 Å². The quantitative estimate of drug-likeness (QED) is 0.388. The molecule has 1 aromatic heterocycles. The van der Waals surface area contributed by atoms with E-state index in [4.69, 9.17) is 4.99 Å². The zero-order valence-electron chi connectivity index (χ0n) is 19.2. The summed E-state index contributed by atoms with van der Waals surface area (Å²) in [7, 11) is 0. The van der Waals surface area contributed by atoms with Gasteiger partial charge in [-0.3, -0.25) is 14.5 Å². The lowest BCUT2D eigenvalue weighted by Crippen LogP contribution is -2.33.